The van der Waals surface area contributed by atoms with Gasteiger partial charge in [0.15, 0.2) is 5.78 Å². The number of hydrogen-bond acceptors (Lipinski definition) is 2. The predicted molar refractivity (Wildman–Crippen MR) is 73.4 cm³/mol. The predicted octanol–water partition coefficient (Wildman–Crippen LogP) is 3.88. The Morgan fingerprint density at radius 1 is 1.06 bits per heavy atom. The molecule has 0 saturated heterocycles. The average Bonchev–Trinajstić information content (AvgIpc) is 2.38. The molecule has 4 heteroatoms. The molecule has 1 N–H and O–H groups in total. The summed E-state index contributed by atoms with van der Waals surface area (Å²) in [5.74, 6) is -0.412. The molecule has 0 radical (unpaired) electrons. The number of hydrogen-bond donors (Lipinski definition) is 1. The summed E-state index contributed by atoms with van der Waals surface area (Å²) in [5, 5.41) is 3.02. The molecule has 0 aromatic heterocycles. The number of benzene rings is 2. The van der Waals surface area contributed by atoms with Crippen LogP contribution in [0.25, 0.3) is 0 Å². The molecule has 0 unspecified atom stereocenters. The largest absolute Gasteiger partial charge is 0.378 e. The van der Waals surface area contributed by atoms with Gasteiger partial charge in [0.2, 0.25) is 0 Å². The second kappa shape index (κ2) is 5.78. The minimum atomic E-state index is -0.340. The quantitative estimate of drug-likeness (QED) is 0.868. The summed E-state index contributed by atoms with van der Waals surface area (Å²) in [6.45, 7) is 0.188. The smallest absolute Gasteiger partial charge is 0.181 e. The van der Waals surface area contributed by atoms with Gasteiger partial charge in [0.25, 0.3) is 0 Å². The average molecular weight is 308 g/mol. The molecule has 0 aliphatic rings. The number of Topliss-reactive ketones (excluding diaryl/α,β-unsaturated/α-hetero) is 1. The Balaban J connectivity index is 1.96. The van der Waals surface area contributed by atoms with E-state index in [0.29, 0.717) is 5.56 Å². The van der Waals surface area contributed by atoms with Gasteiger partial charge in [-0.15, -0.1) is 0 Å². The van der Waals surface area contributed by atoms with Gasteiger partial charge in [-0.2, -0.15) is 0 Å². The number of nitrogens with one attached hydrogen (secondary N) is 1. The van der Waals surface area contributed by atoms with Gasteiger partial charge in [-0.1, -0.05) is 15.9 Å². The third kappa shape index (κ3) is 3.40. The highest BCUT2D eigenvalue weighted by atomic mass is 79.9. The fourth-order valence-corrected chi connectivity index (χ4v) is 1.75. The van der Waals surface area contributed by atoms with Crippen LogP contribution in [-0.2, 0) is 0 Å². The van der Waals surface area contributed by atoms with Gasteiger partial charge < -0.3 is 5.32 Å². The molecule has 18 heavy (non-hydrogen) atoms. The van der Waals surface area contributed by atoms with E-state index in [4.69, 9.17) is 0 Å². The third-order valence-electron chi connectivity index (χ3n) is 2.46. The van der Waals surface area contributed by atoms with E-state index in [0.717, 1.165) is 10.2 Å². The van der Waals surface area contributed by atoms with Gasteiger partial charge in [0, 0.05) is 15.7 Å². The normalized spacial score (nSPS) is 10.1. The van der Waals surface area contributed by atoms with E-state index in [1.54, 1.807) is 0 Å². The Kier molecular flexibility index (Phi) is 4.10. The lowest BCUT2D eigenvalue weighted by molar-refractivity contribution is 0.101. The summed E-state index contributed by atoms with van der Waals surface area (Å²) in [6, 6.07) is 13.1. The van der Waals surface area contributed by atoms with Crippen molar-refractivity contribution in [1.82, 2.24) is 0 Å². The van der Waals surface area contributed by atoms with Crippen LogP contribution in [-0.4, -0.2) is 12.3 Å². The molecule has 92 valence electrons. The van der Waals surface area contributed by atoms with Gasteiger partial charge in [0.1, 0.15) is 5.82 Å². The van der Waals surface area contributed by atoms with Crippen molar-refractivity contribution in [2.75, 3.05) is 11.9 Å². The summed E-state index contributed by atoms with van der Waals surface area (Å²) in [7, 11) is 0. The molecule has 2 aromatic carbocycles. The second-order valence-electron chi connectivity index (χ2n) is 3.79. The monoisotopic (exact) mass is 307 g/mol. The summed E-state index contributed by atoms with van der Waals surface area (Å²) < 4.78 is 13.7. The highest BCUT2D eigenvalue weighted by Crippen LogP contribution is 2.14. The molecular formula is C14H11BrFNO. The highest BCUT2D eigenvalue weighted by Gasteiger charge is 2.05. The lowest BCUT2D eigenvalue weighted by Crippen LogP contribution is -2.13. The molecule has 0 aliphatic heterocycles. The van der Waals surface area contributed by atoms with Crippen LogP contribution in [0.1, 0.15) is 10.4 Å². The third-order valence-corrected chi connectivity index (χ3v) is 2.99. The first-order chi connectivity index (χ1) is 8.65. The summed E-state index contributed by atoms with van der Waals surface area (Å²) >= 11 is 3.34. The molecule has 0 aliphatic carbocycles. The van der Waals surface area contributed by atoms with E-state index in [1.165, 1.54) is 24.3 Å². The number of halogens is 2. The van der Waals surface area contributed by atoms with Crippen molar-refractivity contribution in [2.24, 2.45) is 0 Å². The fraction of sp³-hybridized carbons (Fsp3) is 0.0714. The molecule has 0 bridgehead atoms. The van der Waals surface area contributed by atoms with Crippen molar-refractivity contribution in [1.29, 1.82) is 0 Å². The molecule has 0 saturated carbocycles. The Hall–Kier alpha value is -1.68. The number of ketones is 1. The SMILES string of the molecule is O=C(CNc1ccc(Br)cc1)c1ccc(F)cc1. The fourth-order valence-electron chi connectivity index (χ4n) is 1.49. The maximum absolute atomic E-state index is 12.7. The first kappa shape index (κ1) is 12.8. The van der Waals surface area contributed by atoms with E-state index < -0.39 is 0 Å². The van der Waals surface area contributed by atoms with E-state index in [1.807, 2.05) is 24.3 Å². The summed E-state index contributed by atoms with van der Waals surface area (Å²) in [5.41, 5.74) is 1.37. The standard InChI is InChI=1S/C14H11BrFNO/c15-11-3-7-13(8-4-11)17-9-14(18)10-1-5-12(16)6-2-10/h1-8,17H,9H2. The molecular weight excluding hydrogens is 297 g/mol. The Bertz CT molecular complexity index is 537. The Morgan fingerprint density at radius 3 is 2.28 bits per heavy atom. The van der Waals surface area contributed by atoms with Crippen LogP contribution in [0.2, 0.25) is 0 Å². The molecule has 0 amide bonds. The van der Waals surface area contributed by atoms with Crippen LogP contribution in [0, 0.1) is 5.82 Å². The maximum Gasteiger partial charge on any atom is 0.181 e. The van der Waals surface area contributed by atoms with Crippen molar-refractivity contribution in [3.8, 4) is 0 Å². The molecule has 0 atom stereocenters. The minimum Gasteiger partial charge on any atom is -0.378 e. The highest BCUT2D eigenvalue weighted by molar-refractivity contribution is 9.10. The van der Waals surface area contributed by atoms with Gasteiger partial charge in [-0.25, -0.2) is 4.39 Å². The van der Waals surface area contributed by atoms with Crippen LogP contribution in [0.4, 0.5) is 10.1 Å². The van der Waals surface area contributed by atoms with Crippen molar-refractivity contribution < 1.29 is 9.18 Å². The molecule has 2 rings (SSSR count). The zero-order valence-corrected chi connectivity index (χ0v) is 11.1. The van der Waals surface area contributed by atoms with Crippen LogP contribution in [0.5, 0.6) is 0 Å². The van der Waals surface area contributed by atoms with E-state index >= 15 is 0 Å². The van der Waals surface area contributed by atoms with E-state index in [2.05, 4.69) is 21.2 Å². The number of carbonyl (C=O) groups is 1. The Morgan fingerprint density at radius 2 is 1.67 bits per heavy atom. The number of rotatable bonds is 4. The lowest BCUT2D eigenvalue weighted by atomic mass is 10.1. The van der Waals surface area contributed by atoms with Crippen LogP contribution >= 0.6 is 15.9 Å². The minimum absolute atomic E-state index is 0.0714. The van der Waals surface area contributed by atoms with Gasteiger partial charge in [0.05, 0.1) is 6.54 Å². The maximum atomic E-state index is 12.7. The first-order valence-corrected chi connectivity index (χ1v) is 6.22. The number of anilines is 1. The van der Waals surface area contributed by atoms with Crippen molar-refractivity contribution in [2.45, 2.75) is 0 Å². The first-order valence-electron chi connectivity index (χ1n) is 5.43. The van der Waals surface area contributed by atoms with Crippen molar-refractivity contribution >= 4 is 27.4 Å². The van der Waals surface area contributed by atoms with E-state index in [9.17, 15) is 9.18 Å². The lowest BCUT2D eigenvalue weighted by Gasteiger charge is -2.05. The van der Waals surface area contributed by atoms with Crippen molar-refractivity contribution in [3.05, 3.63) is 64.4 Å². The summed E-state index contributed by atoms with van der Waals surface area (Å²) in [4.78, 5) is 11.8. The molecule has 0 fully saturated rings. The van der Waals surface area contributed by atoms with Gasteiger partial charge in [-0.3, -0.25) is 4.79 Å². The van der Waals surface area contributed by atoms with Gasteiger partial charge >= 0.3 is 0 Å². The van der Waals surface area contributed by atoms with Crippen molar-refractivity contribution in [3.63, 3.8) is 0 Å². The molecule has 0 heterocycles. The van der Waals surface area contributed by atoms with Crippen LogP contribution in [0.3, 0.4) is 0 Å². The molecule has 2 nitrogen and oxygen atoms in total. The van der Waals surface area contributed by atoms with Crippen LogP contribution in [0.15, 0.2) is 53.0 Å². The zero-order valence-electron chi connectivity index (χ0n) is 9.49. The second-order valence-corrected chi connectivity index (χ2v) is 4.71. The van der Waals surface area contributed by atoms with Gasteiger partial charge in [-0.05, 0) is 48.5 Å². The van der Waals surface area contributed by atoms with E-state index in [-0.39, 0.29) is 18.1 Å². The number of carbonyl (C=O) groups excluding carboxylic acids is 1. The Labute approximate surface area is 113 Å². The molecule has 2 aromatic rings. The zero-order chi connectivity index (χ0) is 13.0. The molecule has 0 spiro atoms. The topological polar surface area (TPSA) is 29.1 Å². The summed E-state index contributed by atoms with van der Waals surface area (Å²) in [6.07, 6.45) is 0. The van der Waals surface area contributed by atoms with Crippen LogP contribution < -0.4 is 5.32 Å².